The second-order valence-corrected chi connectivity index (χ2v) is 7.89. The lowest BCUT2D eigenvalue weighted by molar-refractivity contribution is 0.105. The predicted molar refractivity (Wildman–Crippen MR) is 111 cm³/mol. The molecule has 0 saturated carbocycles. The highest BCUT2D eigenvalue weighted by molar-refractivity contribution is 7.14. The summed E-state index contributed by atoms with van der Waals surface area (Å²) in [5.41, 5.74) is 0. The first-order valence-corrected chi connectivity index (χ1v) is 10.1. The van der Waals surface area contributed by atoms with E-state index >= 15 is 0 Å². The van der Waals surface area contributed by atoms with Crippen LogP contribution < -0.4 is 4.74 Å². The molecule has 27 heavy (non-hydrogen) atoms. The number of hydrogen-bond donors (Lipinski definition) is 0. The van der Waals surface area contributed by atoms with Crippen molar-refractivity contribution in [3.63, 3.8) is 0 Å². The van der Waals surface area contributed by atoms with E-state index in [1.807, 2.05) is 12.1 Å². The Morgan fingerprint density at radius 2 is 2.04 bits per heavy atom. The van der Waals surface area contributed by atoms with Gasteiger partial charge in [0.1, 0.15) is 23.9 Å². The molecule has 0 aliphatic rings. The van der Waals surface area contributed by atoms with E-state index < -0.39 is 0 Å². The molecule has 6 heteroatoms. The van der Waals surface area contributed by atoms with Gasteiger partial charge >= 0.3 is 0 Å². The van der Waals surface area contributed by atoms with Crippen molar-refractivity contribution in [1.82, 2.24) is 0 Å². The van der Waals surface area contributed by atoms with Crippen LogP contribution in [-0.4, -0.2) is 5.78 Å². The molecule has 0 bridgehead atoms. The molecule has 0 radical (unpaired) electrons. The Morgan fingerprint density at radius 1 is 1.19 bits per heavy atom. The molecule has 0 spiro atoms. The standard InChI is InChI=1S/C21H18Cl2O3S/c1-2-3-17-8-11-21(27-17)19(24)9-7-15-5-6-16(26-15)13-25-20-10-4-14(22)12-18(20)23/h4-12H,2-3,13H2,1H3/b9-7+. The topological polar surface area (TPSA) is 39.4 Å². The summed E-state index contributed by atoms with van der Waals surface area (Å²) in [6.45, 7) is 2.36. The normalized spacial score (nSPS) is 11.2. The van der Waals surface area contributed by atoms with Crippen LogP contribution in [0.25, 0.3) is 6.08 Å². The molecular weight excluding hydrogens is 403 g/mol. The number of halogens is 2. The second-order valence-electron chi connectivity index (χ2n) is 5.88. The molecule has 1 aromatic carbocycles. The van der Waals surface area contributed by atoms with Gasteiger partial charge in [-0.15, -0.1) is 11.3 Å². The Balaban J connectivity index is 1.58. The molecule has 3 nitrogen and oxygen atoms in total. The first kappa shape index (κ1) is 19.7. The number of furan rings is 1. The van der Waals surface area contributed by atoms with Gasteiger partial charge in [-0.25, -0.2) is 0 Å². The van der Waals surface area contributed by atoms with Crippen LogP contribution >= 0.6 is 34.5 Å². The number of ketones is 1. The van der Waals surface area contributed by atoms with E-state index in [0.717, 1.165) is 17.7 Å². The Kier molecular flexibility index (Phi) is 6.78. The van der Waals surface area contributed by atoms with Crippen LogP contribution in [0.4, 0.5) is 0 Å². The highest BCUT2D eigenvalue weighted by Crippen LogP contribution is 2.28. The van der Waals surface area contributed by atoms with Crippen LogP contribution in [0.15, 0.2) is 53.0 Å². The number of aryl methyl sites for hydroxylation is 1. The number of hydrogen-bond acceptors (Lipinski definition) is 4. The summed E-state index contributed by atoms with van der Waals surface area (Å²) >= 11 is 13.5. The van der Waals surface area contributed by atoms with Gasteiger partial charge in [0.25, 0.3) is 0 Å². The number of ether oxygens (including phenoxy) is 1. The summed E-state index contributed by atoms with van der Waals surface area (Å²) < 4.78 is 11.3. The van der Waals surface area contributed by atoms with Crippen molar-refractivity contribution in [3.05, 3.63) is 79.9 Å². The molecule has 0 aliphatic heterocycles. The van der Waals surface area contributed by atoms with E-state index in [-0.39, 0.29) is 12.4 Å². The number of benzene rings is 1. The molecule has 0 saturated heterocycles. The van der Waals surface area contributed by atoms with E-state index in [1.54, 1.807) is 47.7 Å². The fourth-order valence-corrected chi connectivity index (χ4v) is 3.93. The first-order chi connectivity index (χ1) is 13.0. The monoisotopic (exact) mass is 420 g/mol. The minimum Gasteiger partial charge on any atom is -0.484 e. The molecule has 0 fully saturated rings. The van der Waals surface area contributed by atoms with Crippen LogP contribution in [0.1, 0.15) is 39.4 Å². The van der Waals surface area contributed by atoms with Crippen LogP contribution in [0, 0.1) is 0 Å². The van der Waals surface area contributed by atoms with Crippen molar-refractivity contribution in [1.29, 1.82) is 0 Å². The Morgan fingerprint density at radius 3 is 2.81 bits per heavy atom. The lowest BCUT2D eigenvalue weighted by Gasteiger charge is -2.06. The van der Waals surface area contributed by atoms with Crippen LogP contribution in [-0.2, 0) is 13.0 Å². The van der Waals surface area contributed by atoms with E-state index in [4.69, 9.17) is 32.4 Å². The molecule has 0 amide bonds. The lowest BCUT2D eigenvalue weighted by atomic mass is 10.2. The summed E-state index contributed by atoms with van der Waals surface area (Å²) in [5, 5.41) is 0.994. The smallest absolute Gasteiger partial charge is 0.195 e. The van der Waals surface area contributed by atoms with Crippen LogP contribution in [0.5, 0.6) is 5.75 Å². The summed E-state index contributed by atoms with van der Waals surface area (Å²) in [4.78, 5) is 14.2. The fraction of sp³-hybridized carbons (Fsp3) is 0.190. The maximum atomic E-state index is 12.2. The van der Waals surface area contributed by atoms with E-state index in [2.05, 4.69) is 6.92 Å². The number of thiophene rings is 1. The zero-order chi connectivity index (χ0) is 19.2. The predicted octanol–water partition coefficient (Wildman–Crippen LogP) is 7.08. The molecule has 140 valence electrons. The molecule has 3 aromatic rings. The summed E-state index contributed by atoms with van der Waals surface area (Å²) in [6, 6.07) is 12.5. The maximum absolute atomic E-state index is 12.2. The van der Waals surface area contributed by atoms with Gasteiger partial charge in [0.05, 0.1) is 9.90 Å². The zero-order valence-electron chi connectivity index (χ0n) is 14.7. The maximum Gasteiger partial charge on any atom is 0.195 e. The van der Waals surface area contributed by atoms with E-state index in [0.29, 0.717) is 27.3 Å². The third-order valence-electron chi connectivity index (χ3n) is 3.75. The highest BCUT2D eigenvalue weighted by Gasteiger charge is 2.08. The number of carbonyl (C=O) groups is 1. The summed E-state index contributed by atoms with van der Waals surface area (Å²) in [7, 11) is 0. The van der Waals surface area contributed by atoms with Gasteiger partial charge in [-0.3, -0.25) is 4.79 Å². The fourth-order valence-electron chi connectivity index (χ4n) is 2.43. The Hall–Kier alpha value is -2.01. The third kappa shape index (κ3) is 5.48. The lowest BCUT2D eigenvalue weighted by Crippen LogP contribution is -1.94. The van der Waals surface area contributed by atoms with Gasteiger partial charge in [-0.05, 0) is 61.0 Å². The average molecular weight is 421 g/mol. The molecule has 0 atom stereocenters. The quantitative estimate of drug-likeness (QED) is 0.288. The molecular formula is C21H18Cl2O3S. The van der Waals surface area contributed by atoms with E-state index in [9.17, 15) is 4.79 Å². The van der Waals surface area contributed by atoms with Crippen molar-refractivity contribution >= 4 is 46.4 Å². The van der Waals surface area contributed by atoms with Crippen molar-refractivity contribution in [2.45, 2.75) is 26.4 Å². The molecule has 2 aromatic heterocycles. The van der Waals surface area contributed by atoms with Crippen molar-refractivity contribution in [2.24, 2.45) is 0 Å². The number of rotatable bonds is 8. The average Bonchev–Trinajstić information content (AvgIpc) is 3.29. The van der Waals surface area contributed by atoms with Gasteiger partial charge in [0.15, 0.2) is 5.78 Å². The molecule has 2 heterocycles. The van der Waals surface area contributed by atoms with Gasteiger partial charge in [-0.1, -0.05) is 36.5 Å². The largest absolute Gasteiger partial charge is 0.484 e. The molecule has 3 rings (SSSR count). The van der Waals surface area contributed by atoms with Gasteiger partial charge in [-0.2, -0.15) is 0 Å². The molecule has 0 aliphatic carbocycles. The van der Waals surface area contributed by atoms with Crippen molar-refractivity contribution in [2.75, 3.05) is 0 Å². The highest BCUT2D eigenvalue weighted by atomic mass is 35.5. The molecule has 0 unspecified atom stereocenters. The zero-order valence-corrected chi connectivity index (χ0v) is 17.0. The molecule has 0 N–H and O–H groups in total. The van der Waals surface area contributed by atoms with Gasteiger partial charge < -0.3 is 9.15 Å². The minimum atomic E-state index is -0.0236. The summed E-state index contributed by atoms with van der Waals surface area (Å²) in [6.07, 6.45) is 5.27. The third-order valence-corrected chi connectivity index (χ3v) is 5.44. The van der Waals surface area contributed by atoms with Crippen LogP contribution in [0.2, 0.25) is 10.0 Å². The van der Waals surface area contributed by atoms with Gasteiger partial charge in [0, 0.05) is 9.90 Å². The van der Waals surface area contributed by atoms with Crippen molar-refractivity contribution < 1.29 is 13.9 Å². The second kappa shape index (κ2) is 9.27. The summed E-state index contributed by atoms with van der Waals surface area (Å²) in [5.74, 6) is 1.73. The Bertz CT molecular complexity index is 956. The minimum absolute atomic E-state index is 0.0236. The van der Waals surface area contributed by atoms with Crippen LogP contribution in [0.3, 0.4) is 0 Å². The van der Waals surface area contributed by atoms with Gasteiger partial charge in [0.2, 0.25) is 0 Å². The van der Waals surface area contributed by atoms with E-state index in [1.165, 1.54) is 11.0 Å². The SMILES string of the molecule is CCCc1ccc(C(=O)/C=C/c2ccc(COc3ccc(Cl)cc3Cl)o2)s1. The van der Waals surface area contributed by atoms with Crippen molar-refractivity contribution in [3.8, 4) is 5.75 Å². The first-order valence-electron chi connectivity index (χ1n) is 8.53. The number of carbonyl (C=O) groups excluding carboxylic acids is 1. The number of allylic oxidation sites excluding steroid dienone is 1. The Labute approximate surface area is 172 Å².